The molecule has 1 aliphatic rings. The van der Waals surface area contributed by atoms with Crippen LogP contribution in [0.15, 0.2) is 30.3 Å². The first-order valence-electron chi connectivity index (χ1n) is 7.38. The van der Waals surface area contributed by atoms with Gasteiger partial charge >= 0.3 is 0 Å². The minimum Gasteiger partial charge on any atom is -0.315 e. The molecule has 1 N–H and O–H groups in total. The van der Waals surface area contributed by atoms with Crippen LogP contribution in [0.4, 0.5) is 0 Å². The molecule has 0 saturated carbocycles. The second-order valence-electron chi connectivity index (χ2n) is 5.18. The lowest BCUT2D eigenvalue weighted by Gasteiger charge is -2.33. The summed E-state index contributed by atoms with van der Waals surface area (Å²) in [6.07, 6.45) is 4.00. The average Bonchev–Trinajstić information content (AvgIpc) is 2.89. The van der Waals surface area contributed by atoms with Gasteiger partial charge in [0.05, 0.1) is 0 Å². The fourth-order valence-corrected chi connectivity index (χ4v) is 3.09. The molecule has 1 heterocycles. The number of likely N-dealkylation sites (N-methyl/N-ethyl adjacent to an activating group) is 1. The minimum atomic E-state index is 0.540. The highest BCUT2D eigenvalue weighted by Gasteiger charge is 2.29. The van der Waals surface area contributed by atoms with Gasteiger partial charge in [-0.2, -0.15) is 0 Å². The van der Waals surface area contributed by atoms with E-state index in [9.17, 15) is 0 Å². The predicted molar refractivity (Wildman–Crippen MR) is 77.7 cm³/mol. The van der Waals surface area contributed by atoms with E-state index in [0.29, 0.717) is 6.04 Å². The zero-order chi connectivity index (χ0) is 12.8. The highest BCUT2D eigenvalue weighted by Crippen LogP contribution is 2.30. The Hall–Kier alpha value is -0.860. The maximum atomic E-state index is 3.53. The molecule has 100 valence electrons. The lowest BCUT2D eigenvalue weighted by molar-refractivity contribution is 0.173. The lowest BCUT2D eigenvalue weighted by Crippen LogP contribution is -2.38. The van der Waals surface area contributed by atoms with Crippen LogP contribution in [0.1, 0.15) is 44.7 Å². The number of hydrogen-bond donors (Lipinski definition) is 1. The molecular weight excluding hydrogens is 220 g/mol. The molecule has 0 bridgehead atoms. The fraction of sp³-hybridized carbons (Fsp3) is 0.625. The van der Waals surface area contributed by atoms with Crippen molar-refractivity contribution in [3.05, 3.63) is 35.9 Å². The number of nitrogens with one attached hydrogen (secondary N) is 1. The Kier molecular flexibility index (Phi) is 5.21. The van der Waals surface area contributed by atoms with Gasteiger partial charge < -0.3 is 5.32 Å². The van der Waals surface area contributed by atoms with E-state index in [0.717, 1.165) is 19.1 Å². The Morgan fingerprint density at radius 1 is 1.28 bits per heavy atom. The first-order valence-corrected chi connectivity index (χ1v) is 7.38. The Balaban J connectivity index is 2.14. The fourth-order valence-electron chi connectivity index (χ4n) is 3.09. The van der Waals surface area contributed by atoms with Crippen molar-refractivity contribution >= 4 is 0 Å². The van der Waals surface area contributed by atoms with Gasteiger partial charge in [-0.05, 0) is 37.9 Å². The van der Waals surface area contributed by atoms with Gasteiger partial charge in [0.2, 0.25) is 0 Å². The van der Waals surface area contributed by atoms with Gasteiger partial charge in [0.1, 0.15) is 0 Å². The van der Waals surface area contributed by atoms with Gasteiger partial charge in [-0.1, -0.05) is 44.2 Å². The molecule has 2 unspecified atom stereocenters. The summed E-state index contributed by atoms with van der Waals surface area (Å²) in [6.45, 7) is 7.87. The number of nitrogens with zero attached hydrogens (tertiary/aromatic N) is 1. The zero-order valence-corrected chi connectivity index (χ0v) is 11.7. The molecule has 0 aliphatic carbocycles. The van der Waals surface area contributed by atoms with E-state index in [1.165, 1.54) is 31.4 Å². The molecule has 1 aromatic rings. The summed E-state index contributed by atoms with van der Waals surface area (Å²) < 4.78 is 0. The SMILES string of the molecule is CCNCC(c1ccccc1)N1CCCC1CC. The smallest absolute Gasteiger partial charge is 0.0475 e. The van der Waals surface area contributed by atoms with E-state index in [1.54, 1.807) is 0 Å². The summed E-state index contributed by atoms with van der Waals surface area (Å²) in [5, 5.41) is 3.53. The van der Waals surface area contributed by atoms with Crippen LogP contribution in [0.5, 0.6) is 0 Å². The Morgan fingerprint density at radius 3 is 2.72 bits per heavy atom. The number of hydrogen-bond acceptors (Lipinski definition) is 2. The van der Waals surface area contributed by atoms with Crippen LogP contribution in [-0.2, 0) is 0 Å². The minimum absolute atomic E-state index is 0.540. The molecule has 1 aliphatic heterocycles. The molecule has 2 rings (SSSR count). The van der Waals surface area contributed by atoms with Gasteiger partial charge in [-0.15, -0.1) is 0 Å². The first-order chi connectivity index (χ1) is 8.86. The van der Waals surface area contributed by atoms with E-state index in [2.05, 4.69) is 54.4 Å². The molecule has 0 radical (unpaired) electrons. The van der Waals surface area contributed by atoms with Crippen LogP contribution in [0, 0.1) is 0 Å². The Morgan fingerprint density at radius 2 is 2.06 bits per heavy atom. The van der Waals surface area contributed by atoms with Gasteiger partial charge in [-0.25, -0.2) is 0 Å². The van der Waals surface area contributed by atoms with Crippen molar-refractivity contribution in [1.82, 2.24) is 10.2 Å². The van der Waals surface area contributed by atoms with Crippen molar-refractivity contribution in [1.29, 1.82) is 0 Å². The van der Waals surface area contributed by atoms with Gasteiger partial charge in [0.15, 0.2) is 0 Å². The molecule has 0 aromatic heterocycles. The molecule has 1 aromatic carbocycles. The molecule has 2 atom stereocenters. The second-order valence-corrected chi connectivity index (χ2v) is 5.18. The largest absolute Gasteiger partial charge is 0.315 e. The van der Waals surface area contributed by atoms with Crippen LogP contribution >= 0.6 is 0 Å². The molecule has 1 fully saturated rings. The molecule has 2 nitrogen and oxygen atoms in total. The van der Waals surface area contributed by atoms with Crippen molar-refractivity contribution in [3.63, 3.8) is 0 Å². The van der Waals surface area contributed by atoms with E-state index in [1.807, 2.05) is 0 Å². The van der Waals surface area contributed by atoms with Crippen LogP contribution in [-0.4, -0.2) is 30.6 Å². The van der Waals surface area contributed by atoms with Gasteiger partial charge in [0, 0.05) is 18.6 Å². The summed E-state index contributed by atoms with van der Waals surface area (Å²) in [7, 11) is 0. The quantitative estimate of drug-likeness (QED) is 0.829. The summed E-state index contributed by atoms with van der Waals surface area (Å²) in [5.41, 5.74) is 1.46. The van der Waals surface area contributed by atoms with Gasteiger partial charge in [0.25, 0.3) is 0 Å². The van der Waals surface area contributed by atoms with Crippen LogP contribution < -0.4 is 5.32 Å². The molecule has 1 saturated heterocycles. The summed E-state index contributed by atoms with van der Waals surface area (Å²) in [4.78, 5) is 2.71. The van der Waals surface area contributed by atoms with Crippen molar-refractivity contribution in [2.45, 2.75) is 45.2 Å². The first kappa shape index (κ1) is 13.6. The van der Waals surface area contributed by atoms with Crippen LogP contribution in [0.3, 0.4) is 0 Å². The third-order valence-corrected chi connectivity index (χ3v) is 4.07. The monoisotopic (exact) mass is 246 g/mol. The third-order valence-electron chi connectivity index (χ3n) is 4.07. The third kappa shape index (κ3) is 3.12. The molecule has 0 spiro atoms. The zero-order valence-electron chi connectivity index (χ0n) is 11.7. The van der Waals surface area contributed by atoms with E-state index in [4.69, 9.17) is 0 Å². The maximum Gasteiger partial charge on any atom is 0.0475 e. The Bertz CT molecular complexity index is 336. The summed E-state index contributed by atoms with van der Waals surface area (Å²) in [6, 6.07) is 12.3. The van der Waals surface area contributed by atoms with E-state index in [-0.39, 0.29) is 0 Å². The number of likely N-dealkylation sites (tertiary alicyclic amines) is 1. The number of rotatable bonds is 6. The lowest BCUT2D eigenvalue weighted by atomic mass is 10.0. The molecule has 0 amide bonds. The van der Waals surface area contributed by atoms with Crippen molar-refractivity contribution in [2.75, 3.05) is 19.6 Å². The normalized spacial score (nSPS) is 22.2. The second kappa shape index (κ2) is 6.91. The summed E-state index contributed by atoms with van der Waals surface area (Å²) in [5.74, 6) is 0. The summed E-state index contributed by atoms with van der Waals surface area (Å²) >= 11 is 0. The standard InChI is InChI=1S/C16H26N2/c1-3-15-11-8-12-18(15)16(13-17-4-2)14-9-6-5-7-10-14/h5-7,9-10,15-17H,3-4,8,11-13H2,1-2H3. The molecule has 2 heteroatoms. The highest BCUT2D eigenvalue weighted by atomic mass is 15.2. The van der Waals surface area contributed by atoms with Crippen LogP contribution in [0.25, 0.3) is 0 Å². The van der Waals surface area contributed by atoms with Gasteiger partial charge in [-0.3, -0.25) is 4.90 Å². The molecule has 18 heavy (non-hydrogen) atoms. The average molecular weight is 246 g/mol. The highest BCUT2D eigenvalue weighted by molar-refractivity contribution is 5.20. The number of benzene rings is 1. The van der Waals surface area contributed by atoms with Crippen molar-refractivity contribution in [2.24, 2.45) is 0 Å². The maximum absolute atomic E-state index is 3.53. The van der Waals surface area contributed by atoms with E-state index >= 15 is 0 Å². The topological polar surface area (TPSA) is 15.3 Å². The van der Waals surface area contributed by atoms with Crippen molar-refractivity contribution in [3.8, 4) is 0 Å². The molecular formula is C16H26N2. The van der Waals surface area contributed by atoms with Crippen LogP contribution in [0.2, 0.25) is 0 Å². The van der Waals surface area contributed by atoms with E-state index < -0.39 is 0 Å². The van der Waals surface area contributed by atoms with Crippen molar-refractivity contribution < 1.29 is 0 Å². The predicted octanol–water partition coefficient (Wildman–Crippen LogP) is 3.21. The Labute approximate surface area is 111 Å².